The zero-order valence-electron chi connectivity index (χ0n) is 9.50. The van der Waals surface area contributed by atoms with Crippen LogP contribution in [0.15, 0.2) is 18.2 Å². The first-order valence-electron chi connectivity index (χ1n) is 5.08. The van der Waals surface area contributed by atoms with Crippen molar-refractivity contribution in [2.24, 2.45) is 0 Å². The van der Waals surface area contributed by atoms with Crippen LogP contribution in [0.3, 0.4) is 0 Å². The number of benzene rings is 1. The van der Waals surface area contributed by atoms with E-state index in [-0.39, 0.29) is 17.9 Å². The van der Waals surface area contributed by atoms with Gasteiger partial charge in [0.15, 0.2) is 5.82 Å². The molecule has 0 aliphatic carbocycles. The lowest BCUT2D eigenvalue weighted by atomic mass is 10.2. The third-order valence-electron chi connectivity index (χ3n) is 2.59. The summed E-state index contributed by atoms with van der Waals surface area (Å²) in [5, 5.41) is 18.0. The minimum Gasteiger partial charge on any atom is -0.381 e. The van der Waals surface area contributed by atoms with Gasteiger partial charge < -0.3 is 5.73 Å². The minimum atomic E-state index is -0.865. The molecule has 0 spiro atoms. The van der Waals surface area contributed by atoms with E-state index in [1.54, 1.807) is 6.92 Å². The van der Waals surface area contributed by atoms with Crippen molar-refractivity contribution in [1.29, 1.82) is 0 Å². The fraction of sp³-hybridized carbons (Fsp3) is 0.200. The maximum atomic E-state index is 13.8. The highest BCUT2D eigenvalue weighted by Crippen LogP contribution is 2.21. The van der Waals surface area contributed by atoms with E-state index in [1.807, 2.05) is 0 Å². The average molecular weight is 251 g/mol. The number of hydrogen-bond acceptors (Lipinski definition) is 5. The summed E-state index contributed by atoms with van der Waals surface area (Å²) in [7, 11) is 0. The summed E-state index contributed by atoms with van der Waals surface area (Å²) in [6.07, 6.45) is 0. The molecule has 0 saturated carbocycles. The van der Waals surface area contributed by atoms with E-state index in [0.717, 1.165) is 6.07 Å². The molecule has 1 heterocycles. The molecule has 1 aromatic carbocycles. The molecule has 8 heteroatoms. The molecule has 0 radical (unpaired) electrons. The maximum Gasteiger partial charge on any atom is 0.305 e. The molecule has 18 heavy (non-hydrogen) atoms. The average Bonchev–Trinajstić information content (AvgIpc) is 2.63. The lowest BCUT2D eigenvalue weighted by molar-refractivity contribution is -0.387. The summed E-state index contributed by atoms with van der Waals surface area (Å²) in [6.45, 7) is 1.73. The van der Waals surface area contributed by atoms with Crippen LogP contribution in [0.4, 0.5) is 15.9 Å². The maximum absolute atomic E-state index is 13.8. The van der Waals surface area contributed by atoms with Crippen LogP contribution in [0.25, 0.3) is 0 Å². The van der Waals surface area contributed by atoms with Gasteiger partial charge in [0.1, 0.15) is 0 Å². The Morgan fingerprint density at radius 2 is 2.28 bits per heavy atom. The Bertz CT molecular complexity index is 610. The van der Waals surface area contributed by atoms with Gasteiger partial charge >= 0.3 is 5.69 Å². The minimum absolute atomic E-state index is 0.0452. The molecule has 1 aromatic heterocycles. The molecule has 2 N–H and O–H groups in total. The number of nitrogens with two attached hydrogens (primary N) is 1. The number of nitro groups is 1. The Morgan fingerprint density at radius 3 is 2.83 bits per heavy atom. The van der Waals surface area contributed by atoms with Crippen LogP contribution in [0.1, 0.15) is 11.3 Å². The molecule has 0 aliphatic heterocycles. The van der Waals surface area contributed by atoms with E-state index in [9.17, 15) is 14.5 Å². The molecule has 0 amide bonds. The summed E-state index contributed by atoms with van der Waals surface area (Å²) in [4.78, 5) is 9.85. The zero-order valence-corrected chi connectivity index (χ0v) is 9.50. The predicted molar refractivity (Wildman–Crippen MR) is 61.3 cm³/mol. The number of halogens is 1. The largest absolute Gasteiger partial charge is 0.381 e. The molecule has 0 bridgehead atoms. The smallest absolute Gasteiger partial charge is 0.305 e. The summed E-state index contributed by atoms with van der Waals surface area (Å²) < 4.78 is 15.2. The Labute approximate surface area is 101 Å². The van der Waals surface area contributed by atoms with Crippen LogP contribution in [-0.2, 0) is 6.54 Å². The van der Waals surface area contributed by atoms with Crippen molar-refractivity contribution < 1.29 is 9.31 Å². The number of hydrogen-bond donors (Lipinski definition) is 1. The molecular weight excluding hydrogens is 241 g/mol. The standard InChI is InChI=1S/C10H10FN5O2/c1-6-10(12)13-14-15(6)5-7-3-2-4-8(9(7)11)16(17)18/h2-4H,5,12H2,1H3. The summed E-state index contributed by atoms with van der Waals surface area (Å²) in [5.74, 6) is -0.614. The fourth-order valence-electron chi connectivity index (χ4n) is 1.51. The van der Waals surface area contributed by atoms with E-state index in [2.05, 4.69) is 10.3 Å². The van der Waals surface area contributed by atoms with Crippen molar-refractivity contribution in [3.8, 4) is 0 Å². The van der Waals surface area contributed by atoms with Crippen LogP contribution >= 0.6 is 0 Å². The second kappa shape index (κ2) is 4.40. The SMILES string of the molecule is Cc1c(N)nnn1Cc1cccc([N+](=O)[O-])c1F. The zero-order chi connectivity index (χ0) is 13.3. The van der Waals surface area contributed by atoms with Gasteiger partial charge in [-0.15, -0.1) is 5.10 Å². The molecule has 0 aliphatic rings. The summed E-state index contributed by atoms with van der Waals surface area (Å²) >= 11 is 0. The Morgan fingerprint density at radius 1 is 1.56 bits per heavy atom. The number of rotatable bonds is 3. The van der Waals surface area contributed by atoms with Crippen molar-refractivity contribution in [3.63, 3.8) is 0 Å². The summed E-state index contributed by atoms with van der Waals surface area (Å²) in [5.41, 5.74) is 5.71. The Balaban J connectivity index is 2.38. The number of nitrogens with zero attached hydrogens (tertiary/aromatic N) is 4. The van der Waals surface area contributed by atoms with Gasteiger partial charge in [0.05, 0.1) is 17.2 Å². The number of nitrogen functional groups attached to an aromatic ring is 1. The lowest BCUT2D eigenvalue weighted by Gasteiger charge is -2.05. The third-order valence-corrected chi connectivity index (χ3v) is 2.59. The van der Waals surface area contributed by atoms with Gasteiger partial charge in [-0.3, -0.25) is 10.1 Å². The third kappa shape index (κ3) is 1.99. The van der Waals surface area contributed by atoms with Gasteiger partial charge in [-0.05, 0) is 6.92 Å². The van der Waals surface area contributed by atoms with Crippen molar-refractivity contribution >= 4 is 11.5 Å². The first-order valence-corrected chi connectivity index (χ1v) is 5.08. The van der Waals surface area contributed by atoms with Gasteiger partial charge in [0.2, 0.25) is 5.82 Å². The molecule has 0 saturated heterocycles. The number of anilines is 1. The quantitative estimate of drug-likeness (QED) is 0.653. The molecule has 2 rings (SSSR count). The van der Waals surface area contributed by atoms with E-state index in [0.29, 0.717) is 5.69 Å². The van der Waals surface area contributed by atoms with Crippen molar-refractivity contribution in [3.05, 3.63) is 45.4 Å². The Kier molecular flexibility index (Phi) is 2.92. The van der Waals surface area contributed by atoms with Crippen molar-refractivity contribution in [2.45, 2.75) is 13.5 Å². The summed E-state index contributed by atoms with van der Waals surface area (Å²) in [6, 6.07) is 3.99. The molecule has 0 unspecified atom stereocenters. The second-order valence-electron chi connectivity index (χ2n) is 3.73. The highest BCUT2D eigenvalue weighted by molar-refractivity contribution is 5.37. The topological polar surface area (TPSA) is 99.9 Å². The fourth-order valence-corrected chi connectivity index (χ4v) is 1.51. The first kappa shape index (κ1) is 12.0. The van der Waals surface area contributed by atoms with Crippen LogP contribution in [-0.4, -0.2) is 19.9 Å². The molecule has 0 fully saturated rings. The van der Waals surface area contributed by atoms with Gasteiger partial charge in [0, 0.05) is 11.6 Å². The highest BCUT2D eigenvalue weighted by Gasteiger charge is 2.18. The van der Waals surface area contributed by atoms with Crippen LogP contribution < -0.4 is 5.73 Å². The van der Waals surface area contributed by atoms with Gasteiger partial charge in [-0.25, -0.2) is 4.68 Å². The van der Waals surface area contributed by atoms with Crippen molar-refractivity contribution in [1.82, 2.24) is 15.0 Å². The predicted octanol–water partition coefficient (Wildman–Crippen LogP) is 1.26. The molecule has 94 valence electrons. The Hall–Kier alpha value is -2.51. The monoisotopic (exact) mass is 251 g/mol. The second-order valence-corrected chi connectivity index (χ2v) is 3.73. The van der Waals surface area contributed by atoms with Gasteiger partial charge in [0.25, 0.3) is 0 Å². The first-order chi connectivity index (χ1) is 8.50. The van der Waals surface area contributed by atoms with Crippen LogP contribution in [0.5, 0.6) is 0 Å². The van der Waals surface area contributed by atoms with Crippen LogP contribution in [0.2, 0.25) is 0 Å². The van der Waals surface area contributed by atoms with Crippen molar-refractivity contribution in [2.75, 3.05) is 5.73 Å². The molecule has 2 aromatic rings. The van der Waals surface area contributed by atoms with E-state index in [4.69, 9.17) is 5.73 Å². The number of aromatic nitrogens is 3. The molecule has 7 nitrogen and oxygen atoms in total. The molecular formula is C10H10FN5O2. The molecule has 0 atom stereocenters. The van der Waals surface area contributed by atoms with Gasteiger partial charge in [-0.1, -0.05) is 17.3 Å². The number of nitro benzene ring substituents is 1. The van der Waals surface area contributed by atoms with Gasteiger partial charge in [-0.2, -0.15) is 4.39 Å². The highest BCUT2D eigenvalue weighted by atomic mass is 19.1. The van der Waals surface area contributed by atoms with E-state index in [1.165, 1.54) is 16.8 Å². The van der Waals surface area contributed by atoms with E-state index < -0.39 is 16.4 Å². The lowest BCUT2D eigenvalue weighted by Crippen LogP contribution is -2.07. The normalized spacial score (nSPS) is 10.6. The van der Waals surface area contributed by atoms with E-state index >= 15 is 0 Å². The van der Waals surface area contributed by atoms with Crippen LogP contribution in [0, 0.1) is 22.9 Å².